The number of hydrogen-bond donors (Lipinski definition) is 1. The number of carbonyl (C=O) groups is 1. The average Bonchev–Trinajstić information content (AvgIpc) is 3.40. The smallest absolute Gasteiger partial charge is 0.264 e. The first-order valence-electron chi connectivity index (χ1n) is 8.46. The number of hydrogen-bond acceptors (Lipinski definition) is 4. The molecule has 5 rings (SSSR count). The van der Waals surface area contributed by atoms with Crippen LogP contribution in [-0.4, -0.2) is 27.5 Å². The van der Waals surface area contributed by atoms with Crippen molar-refractivity contribution in [2.45, 2.75) is 25.5 Å². The van der Waals surface area contributed by atoms with Crippen LogP contribution >= 0.6 is 11.3 Å². The van der Waals surface area contributed by atoms with Crippen LogP contribution in [0.3, 0.4) is 0 Å². The normalized spacial score (nSPS) is 18.6. The van der Waals surface area contributed by atoms with Crippen LogP contribution in [0.2, 0.25) is 0 Å². The quantitative estimate of drug-likeness (QED) is 0.759. The number of thiophene rings is 1. The van der Waals surface area contributed by atoms with E-state index in [0.29, 0.717) is 6.61 Å². The summed E-state index contributed by atoms with van der Waals surface area (Å²) in [5, 5.41) is 7.05. The molecular weight excluding hydrogens is 334 g/mol. The Morgan fingerprint density at radius 2 is 2.24 bits per heavy atom. The Hall–Kier alpha value is -2.60. The van der Waals surface area contributed by atoms with E-state index in [-0.39, 0.29) is 11.9 Å². The number of aromatic amines is 1. The van der Waals surface area contributed by atoms with Gasteiger partial charge in [-0.15, -0.1) is 11.3 Å². The van der Waals surface area contributed by atoms with Crippen molar-refractivity contribution in [2.24, 2.45) is 0 Å². The summed E-state index contributed by atoms with van der Waals surface area (Å²) in [6.45, 7) is 1.32. The Labute approximate surface area is 149 Å². The summed E-state index contributed by atoms with van der Waals surface area (Å²) in [5.74, 6) is 1.00. The molecule has 1 saturated heterocycles. The third-order valence-corrected chi connectivity index (χ3v) is 6.13. The molecular formula is C19H17N3O2S. The molecule has 3 aromatic rings. The zero-order valence-corrected chi connectivity index (χ0v) is 14.4. The minimum Gasteiger partial charge on any atom is -0.488 e. The van der Waals surface area contributed by atoms with E-state index >= 15 is 0 Å². The molecule has 1 unspecified atom stereocenters. The average molecular weight is 351 g/mol. The number of aromatic nitrogens is 2. The number of rotatable bonds is 2. The molecule has 2 aliphatic heterocycles. The van der Waals surface area contributed by atoms with Crippen molar-refractivity contribution in [2.75, 3.05) is 6.54 Å². The molecule has 1 fully saturated rings. The van der Waals surface area contributed by atoms with Crippen molar-refractivity contribution in [3.8, 4) is 16.2 Å². The number of ether oxygens (including phenoxy) is 1. The highest BCUT2D eigenvalue weighted by molar-refractivity contribution is 7.17. The molecule has 0 radical (unpaired) electrons. The number of fused-ring (bicyclic) bond motifs is 3. The van der Waals surface area contributed by atoms with Crippen LogP contribution in [0.25, 0.3) is 10.4 Å². The Bertz CT molecular complexity index is 932. The summed E-state index contributed by atoms with van der Waals surface area (Å²) in [5.41, 5.74) is 3.20. The standard InChI is InChI=1S/C19H17N3O2S/c23-19(22-9-3-5-15(22)14-7-8-20-21-14)17-10-12-11-24-16-6-2-1-4-13(16)18(12)25-17/h1-2,4,6-8,10,15H,3,5,9,11H2,(H,20,21). The summed E-state index contributed by atoms with van der Waals surface area (Å²) in [7, 11) is 0. The van der Waals surface area contributed by atoms with Gasteiger partial charge in [-0.05, 0) is 37.1 Å². The predicted molar refractivity (Wildman–Crippen MR) is 95.7 cm³/mol. The van der Waals surface area contributed by atoms with Gasteiger partial charge in [0.15, 0.2) is 0 Å². The van der Waals surface area contributed by atoms with E-state index in [0.717, 1.165) is 51.7 Å². The molecule has 5 nitrogen and oxygen atoms in total. The van der Waals surface area contributed by atoms with E-state index in [2.05, 4.69) is 16.3 Å². The lowest BCUT2D eigenvalue weighted by Gasteiger charge is -2.23. The molecule has 0 aliphatic carbocycles. The van der Waals surface area contributed by atoms with Crippen molar-refractivity contribution in [3.63, 3.8) is 0 Å². The zero-order valence-electron chi connectivity index (χ0n) is 13.6. The van der Waals surface area contributed by atoms with Crippen LogP contribution in [0, 0.1) is 0 Å². The number of likely N-dealkylation sites (tertiary alicyclic amines) is 1. The maximum Gasteiger partial charge on any atom is 0.264 e. The minimum absolute atomic E-state index is 0.0951. The molecule has 4 heterocycles. The molecule has 0 saturated carbocycles. The second kappa shape index (κ2) is 5.74. The maximum absolute atomic E-state index is 13.1. The van der Waals surface area contributed by atoms with E-state index < -0.39 is 0 Å². The molecule has 0 spiro atoms. The number of benzene rings is 1. The van der Waals surface area contributed by atoms with Crippen LogP contribution in [-0.2, 0) is 6.61 Å². The molecule has 25 heavy (non-hydrogen) atoms. The largest absolute Gasteiger partial charge is 0.488 e. The van der Waals surface area contributed by atoms with Gasteiger partial charge in [0.2, 0.25) is 0 Å². The first-order valence-corrected chi connectivity index (χ1v) is 9.28. The van der Waals surface area contributed by atoms with Crippen molar-refractivity contribution < 1.29 is 9.53 Å². The fraction of sp³-hybridized carbons (Fsp3) is 0.263. The summed E-state index contributed by atoms with van der Waals surface area (Å²) in [6.07, 6.45) is 3.74. The first kappa shape index (κ1) is 14.7. The minimum atomic E-state index is 0.0951. The van der Waals surface area contributed by atoms with E-state index in [4.69, 9.17) is 4.74 Å². The monoisotopic (exact) mass is 351 g/mol. The van der Waals surface area contributed by atoms with E-state index in [1.807, 2.05) is 35.2 Å². The highest BCUT2D eigenvalue weighted by atomic mass is 32.1. The lowest BCUT2D eigenvalue weighted by Crippen LogP contribution is -2.30. The second-order valence-corrected chi connectivity index (χ2v) is 7.47. The third-order valence-electron chi connectivity index (χ3n) is 4.93. The van der Waals surface area contributed by atoms with Gasteiger partial charge in [-0.25, -0.2) is 0 Å². The second-order valence-electron chi connectivity index (χ2n) is 6.42. The molecule has 1 atom stereocenters. The Morgan fingerprint density at radius 1 is 1.32 bits per heavy atom. The summed E-state index contributed by atoms with van der Waals surface area (Å²) in [6, 6.07) is 12.1. The Morgan fingerprint density at radius 3 is 3.12 bits per heavy atom. The van der Waals surface area contributed by atoms with Gasteiger partial charge in [-0.2, -0.15) is 5.10 Å². The number of para-hydroxylation sites is 1. The number of amides is 1. The summed E-state index contributed by atoms with van der Waals surface area (Å²) in [4.78, 5) is 17.1. The highest BCUT2D eigenvalue weighted by Gasteiger charge is 2.33. The molecule has 0 bridgehead atoms. The molecule has 1 N–H and O–H groups in total. The van der Waals surface area contributed by atoms with Crippen LogP contribution in [0.15, 0.2) is 42.6 Å². The van der Waals surface area contributed by atoms with Crippen LogP contribution in [0.1, 0.15) is 39.8 Å². The highest BCUT2D eigenvalue weighted by Crippen LogP contribution is 2.43. The van der Waals surface area contributed by atoms with E-state index in [1.165, 1.54) is 0 Å². The van der Waals surface area contributed by atoms with Gasteiger partial charge in [-0.3, -0.25) is 9.89 Å². The SMILES string of the molecule is O=C(c1cc2c(s1)-c1ccccc1OC2)N1CCCC1c1ccn[nH]1. The lowest BCUT2D eigenvalue weighted by molar-refractivity contribution is 0.0737. The van der Waals surface area contributed by atoms with E-state index in [9.17, 15) is 4.79 Å². The van der Waals surface area contributed by atoms with Gasteiger partial charge >= 0.3 is 0 Å². The molecule has 2 aliphatic rings. The lowest BCUT2D eigenvalue weighted by atomic mass is 10.1. The van der Waals surface area contributed by atoms with Gasteiger partial charge in [0.25, 0.3) is 5.91 Å². The van der Waals surface area contributed by atoms with Crippen LogP contribution in [0.5, 0.6) is 5.75 Å². The van der Waals surface area contributed by atoms with Crippen LogP contribution in [0.4, 0.5) is 0 Å². The van der Waals surface area contributed by atoms with Crippen molar-refractivity contribution >= 4 is 17.2 Å². The van der Waals surface area contributed by atoms with Gasteiger partial charge in [0, 0.05) is 28.7 Å². The van der Waals surface area contributed by atoms with Gasteiger partial charge < -0.3 is 9.64 Å². The first-order chi connectivity index (χ1) is 12.3. The van der Waals surface area contributed by atoms with E-state index in [1.54, 1.807) is 17.5 Å². The number of carbonyl (C=O) groups excluding carboxylic acids is 1. The van der Waals surface area contributed by atoms with Crippen molar-refractivity contribution in [1.82, 2.24) is 15.1 Å². The zero-order chi connectivity index (χ0) is 16.8. The molecule has 1 aromatic carbocycles. The Kier molecular flexibility index (Phi) is 3.38. The molecule has 1 amide bonds. The van der Waals surface area contributed by atoms with Gasteiger partial charge in [0.1, 0.15) is 12.4 Å². The fourth-order valence-corrected chi connectivity index (χ4v) is 4.89. The summed E-state index contributed by atoms with van der Waals surface area (Å²) < 4.78 is 5.82. The molecule has 126 valence electrons. The van der Waals surface area contributed by atoms with Gasteiger partial charge in [-0.1, -0.05) is 12.1 Å². The number of nitrogens with zero attached hydrogens (tertiary/aromatic N) is 2. The van der Waals surface area contributed by atoms with Crippen molar-refractivity contribution in [3.05, 3.63) is 58.7 Å². The third kappa shape index (κ3) is 2.36. The van der Waals surface area contributed by atoms with Gasteiger partial charge in [0.05, 0.1) is 16.6 Å². The fourth-order valence-electron chi connectivity index (χ4n) is 3.73. The predicted octanol–water partition coefficient (Wildman–Crippen LogP) is 4.01. The van der Waals surface area contributed by atoms with Crippen LogP contribution < -0.4 is 4.74 Å². The molecule has 6 heteroatoms. The maximum atomic E-state index is 13.1. The summed E-state index contributed by atoms with van der Waals surface area (Å²) >= 11 is 1.58. The number of nitrogens with one attached hydrogen (secondary N) is 1. The Balaban J connectivity index is 1.49. The molecule has 2 aromatic heterocycles. The number of H-pyrrole nitrogens is 1. The van der Waals surface area contributed by atoms with Crippen molar-refractivity contribution in [1.29, 1.82) is 0 Å². The topological polar surface area (TPSA) is 58.2 Å².